The Balaban J connectivity index is 1.72. The van der Waals surface area contributed by atoms with Crippen LogP contribution in [0.5, 0.6) is 0 Å². The first kappa shape index (κ1) is 13.5. The van der Waals surface area contributed by atoms with E-state index in [9.17, 15) is 14.0 Å². The molecule has 1 aromatic carbocycles. The van der Waals surface area contributed by atoms with Crippen molar-refractivity contribution in [2.24, 2.45) is 0 Å². The number of carbonyl (C=O) groups is 2. The van der Waals surface area contributed by atoms with E-state index >= 15 is 0 Å². The van der Waals surface area contributed by atoms with Gasteiger partial charge in [0.15, 0.2) is 0 Å². The van der Waals surface area contributed by atoms with Crippen LogP contribution in [0.25, 0.3) is 0 Å². The highest BCUT2D eigenvalue weighted by Gasteiger charge is 2.22. The van der Waals surface area contributed by atoms with E-state index in [1.165, 1.54) is 12.1 Å². The average molecular weight is 265 g/mol. The molecule has 102 valence electrons. The maximum atomic E-state index is 12.7. The van der Waals surface area contributed by atoms with E-state index < -0.39 is 0 Å². The molecular weight excluding hydrogens is 249 g/mol. The van der Waals surface area contributed by atoms with Crippen molar-refractivity contribution in [1.29, 1.82) is 0 Å². The van der Waals surface area contributed by atoms with Crippen molar-refractivity contribution in [1.82, 2.24) is 16.0 Å². The van der Waals surface area contributed by atoms with Crippen LogP contribution in [0.3, 0.4) is 0 Å². The van der Waals surface area contributed by atoms with Crippen molar-refractivity contribution >= 4 is 11.8 Å². The van der Waals surface area contributed by atoms with E-state index in [4.69, 9.17) is 0 Å². The third kappa shape index (κ3) is 4.03. The first-order valence-corrected chi connectivity index (χ1v) is 6.17. The van der Waals surface area contributed by atoms with Crippen LogP contribution in [0.2, 0.25) is 0 Å². The summed E-state index contributed by atoms with van der Waals surface area (Å²) in [6.45, 7) is 0.952. The summed E-state index contributed by atoms with van der Waals surface area (Å²) in [5.74, 6) is -0.507. The van der Waals surface area contributed by atoms with Crippen molar-refractivity contribution in [3.05, 3.63) is 35.6 Å². The fourth-order valence-corrected chi connectivity index (χ4v) is 1.86. The molecule has 1 unspecified atom stereocenters. The first-order chi connectivity index (χ1) is 9.15. The Morgan fingerprint density at radius 1 is 1.37 bits per heavy atom. The van der Waals surface area contributed by atoms with Crippen LogP contribution >= 0.6 is 0 Å². The van der Waals surface area contributed by atoms with Gasteiger partial charge in [0.1, 0.15) is 11.9 Å². The van der Waals surface area contributed by atoms with Gasteiger partial charge in [-0.15, -0.1) is 0 Å². The Labute approximate surface area is 110 Å². The van der Waals surface area contributed by atoms with E-state index in [1.807, 2.05) is 0 Å². The van der Waals surface area contributed by atoms with Gasteiger partial charge in [-0.2, -0.15) is 0 Å². The van der Waals surface area contributed by atoms with Crippen molar-refractivity contribution < 1.29 is 14.0 Å². The lowest BCUT2D eigenvalue weighted by Gasteiger charge is -2.23. The predicted octanol–water partition coefficient (Wildman–Crippen LogP) is -0.428. The first-order valence-electron chi connectivity index (χ1n) is 6.17. The van der Waals surface area contributed by atoms with Crippen molar-refractivity contribution in [2.45, 2.75) is 12.5 Å². The fourth-order valence-electron chi connectivity index (χ4n) is 1.86. The maximum Gasteiger partial charge on any atom is 0.238 e. The van der Waals surface area contributed by atoms with Gasteiger partial charge in [0, 0.05) is 13.1 Å². The fraction of sp³-hybridized carbons (Fsp3) is 0.385. The van der Waals surface area contributed by atoms with Crippen molar-refractivity contribution in [3.63, 3.8) is 0 Å². The molecule has 0 radical (unpaired) electrons. The quantitative estimate of drug-likeness (QED) is 0.692. The highest BCUT2D eigenvalue weighted by molar-refractivity contribution is 5.86. The molecule has 5 nitrogen and oxygen atoms in total. The number of hydrogen-bond acceptors (Lipinski definition) is 3. The third-order valence-corrected chi connectivity index (χ3v) is 2.96. The van der Waals surface area contributed by atoms with Gasteiger partial charge in [0.05, 0.1) is 6.54 Å². The van der Waals surface area contributed by atoms with Crippen molar-refractivity contribution in [3.8, 4) is 0 Å². The van der Waals surface area contributed by atoms with Crippen molar-refractivity contribution in [2.75, 3.05) is 19.6 Å². The zero-order valence-electron chi connectivity index (χ0n) is 10.4. The Bertz CT molecular complexity index is 451. The summed E-state index contributed by atoms with van der Waals surface area (Å²) in [5.41, 5.74) is 0.964. The van der Waals surface area contributed by atoms with Crippen LogP contribution in [0, 0.1) is 5.82 Å². The SMILES string of the molecule is O=C1CNC(C(=O)NCCc2ccc(F)cc2)CN1. The van der Waals surface area contributed by atoms with Crippen LogP contribution in [0.1, 0.15) is 5.56 Å². The Morgan fingerprint density at radius 2 is 2.11 bits per heavy atom. The maximum absolute atomic E-state index is 12.7. The molecule has 0 aliphatic carbocycles. The normalized spacial score (nSPS) is 18.8. The summed E-state index contributed by atoms with van der Waals surface area (Å²) in [4.78, 5) is 22.7. The van der Waals surface area contributed by atoms with Gasteiger partial charge in [0.25, 0.3) is 0 Å². The summed E-state index contributed by atoms with van der Waals surface area (Å²) < 4.78 is 12.7. The van der Waals surface area contributed by atoms with Gasteiger partial charge < -0.3 is 10.6 Å². The molecule has 1 aliphatic heterocycles. The summed E-state index contributed by atoms with van der Waals surface area (Å²) in [6.07, 6.45) is 0.644. The van der Waals surface area contributed by atoms with Gasteiger partial charge in [-0.05, 0) is 24.1 Å². The molecule has 19 heavy (non-hydrogen) atoms. The summed E-state index contributed by atoms with van der Waals surface area (Å²) in [6, 6.07) is 5.80. The molecule has 1 aromatic rings. The topological polar surface area (TPSA) is 70.2 Å². The smallest absolute Gasteiger partial charge is 0.238 e. The summed E-state index contributed by atoms with van der Waals surface area (Å²) in [7, 11) is 0. The average Bonchev–Trinajstić information content (AvgIpc) is 2.41. The third-order valence-electron chi connectivity index (χ3n) is 2.96. The largest absolute Gasteiger partial charge is 0.354 e. The van der Waals surface area contributed by atoms with Gasteiger partial charge >= 0.3 is 0 Å². The summed E-state index contributed by atoms with van der Waals surface area (Å²) >= 11 is 0. The van der Waals surface area contributed by atoms with E-state index in [-0.39, 0.29) is 30.2 Å². The van der Waals surface area contributed by atoms with E-state index in [2.05, 4.69) is 16.0 Å². The number of hydrogen-bond donors (Lipinski definition) is 3. The molecule has 0 bridgehead atoms. The van der Waals surface area contributed by atoms with Gasteiger partial charge in [0.2, 0.25) is 11.8 Å². The molecule has 3 N–H and O–H groups in total. The zero-order chi connectivity index (χ0) is 13.7. The minimum atomic E-state index is -0.383. The zero-order valence-corrected chi connectivity index (χ0v) is 10.4. The lowest BCUT2D eigenvalue weighted by Crippen LogP contribution is -2.58. The van der Waals surface area contributed by atoms with Gasteiger partial charge in [-0.3, -0.25) is 14.9 Å². The van der Waals surface area contributed by atoms with Crippen LogP contribution < -0.4 is 16.0 Å². The monoisotopic (exact) mass is 265 g/mol. The van der Waals surface area contributed by atoms with Crippen LogP contribution in [0.4, 0.5) is 4.39 Å². The lowest BCUT2D eigenvalue weighted by molar-refractivity contribution is -0.126. The predicted molar refractivity (Wildman–Crippen MR) is 67.9 cm³/mol. The second-order valence-electron chi connectivity index (χ2n) is 4.41. The van der Waals surface area contributed by atoms with Gasteiger partial charge in [-0.1, -0.05) is 12.1 Å². The highest BCUT2D eigenvalue weighted by atomic mass is 19.1. The number of piperazine rings is 1. The molecule has 0 saturated carbocycles. The number of halogens is 1. The molecular formula is C13H16FN3O2. The number of nitrogens with one attached hydrogen (secondary N) is 3. The number of carbonyl (C=O) groups excluding carboxylic acids is 2. The molecule has 6 heteroatoms. The number of amides is 2. The van der Waals surface area contributed by atoms with Crippen LogP contribution in [-0.4, -0.2) is 37.5 Å². The van der Waals surface area contributed by atoms with Gasteiger partial charge in [-0.25, -0.2) is 4.39 Å². The molecule has 2 amide bonds. The second kappa shape index (κ2) is 6.29. The minimum Gasteiger partial charge on any atom is -0.354 e. The molecule has 0 spiro atoms. The van der Waals surface area contributed by atoms with Crippen LogP contribution in [0.15, 0.2) is 24.3 Å². The van der Waals surface area contributed by atoms with E-state index in [0.717, 1.165) is 5.56 Å². The standard InChI is InChI=1S/C13H16FN3O2/c14-10-3-1-9(2-4-10)5-6-15-13(19)11-7-17-12(18)8-16-11/h1-4,11,16H,5-8H2,(H,15,19)(H,17,18). The summed E-state index contributed by atoms with van der Waals surface area (Å²) in [5, 5.41) is 8.26. The van der Waals surface area contributed by atoms with E-state index in [0.29, 0.717) is 19.5 Å². The Kier molecular flexibility index (Phi) is 4.46. The molecule has 1 atom stereocenters. The minimum absolute atomic E-state index is 0.102. The van der Waals surface area contributed by atoms with E-state index in [1.54, 1.807) is 12.1 Å². The molecule has 1 aliphatic rings. The highest BCUT2D eigenvalue weighted by Crippen LogP contribution is 2.02. The van der Waals surface area contributed by atoms with Crippen LogP contribution in [-0.2, 0) is 16.0 Å². The number of benzene rings is 1. The molecule has 0 aromatic heterocycles. The Morgan fingerprint density at radius 3 is 2.74 bits per heavy atom. The molecule has 1 fully saturated rings. The molecule has 1 heterocycles. The lowest BCUT2D eigenvalue weighted by atomic mass is 10.1. The molecule has 1 saturated heterocycles. The number of rotatable bonds is 4. The Hall–Kier alpha value is -1.95. The molecule has 2 rings (SSSR count). The second-order valence-corrected chi connectivity index (χ2v) is 4.41.